The van der Waals surface area contributed by atoms with Crippen molar-refractivity contribution in [1.29, 1.82) is 0 Å². The first kappa shape index (κ1) is 25.2. The van der Waals surface area contributed by atoms with E-state index in [0.29, 0.717) is 0 Å². The van der Waals surface area contributed by atoms with Crippen molar-refractivity contribution in [3.63, 3.8) is 0 Å². The van der Waals surface area contributed by atoms with Gasteiger partial charge in [0, 0.05) is 26.9 Å². The van der Waals surface area contributed by atoms with Crippen LogP contribution in [0.5, 0.6) is 0 Å². The predicted molar refractivity (Wildman–Crippen MR) is 152 cm³/mol. The van der Waals surface area contributed by atoms with Gasteiger partial charge < -0.3 is 4.44 Å². The highest BCUT2D eigenvalue weighted by Gasteiger charge is 2.34. The fourth-order valence-corrected chi connectivity index (χ4v) is 10.1. The minimum Gasteiger partial charge on any atom is -0.313 e. The highest BCUT2D eigenvalue weighted by Crippen LogP contribution is 2.57. The van der Waals surface area contributed by atoms with Gasteiger partial charge in [-0.05, 0) is 24.3 Å². The number of rotatable bonds is 7. The largest absolute Gasteiger partial charge is 0.416 e. The lowest BCUT2D eigenvalue weighted by Gasteiger charge is -2.40. The van der Waals surface area contributed by atoms with Gasteiger partial charge in [-0.2, -0.15) is 13.2 Å². The second-order valence-electron chi connectivity index (χ2n) is 8.30. The molecule has 6 heteroatoms. The standard InChI is InChI=1S/C31H24F3NP2/c32-31(33,34)25-21-23-26(24-22-25)35(36(27-13-5-1-6-14-27)28-15-7-2-8-16-28)37(29-17-9-3-10-18-29)30-19-11-4-12-20-30/h1-24H. The molecule has 5 aromatic carbocycles. The van der Waals surface area contributed by atoms with Gasteiger partial charge in [-0.15, -0.1) is 0 Å². The average Bonchev–Trinajstić information content (AvgIpc) is 2.95. The number of benzene rings is 5. The Morgan fingerprint density at radius 2 is 0.703 bits per heavy atom. The molecular formula is C31H24F3NP2. The van der Waals surface area contributed by atoms with Crippen molar-refractivity contribution in [3.05, 3.63) is 151 Å². The maximum absolute atomic E-state index is 13.5. The van der Waals surface area contributed by atoms with Crippen LogP contribution < -0.4 is 25.7 Å². The molecule has 0 aliphatic heterocycles. The summed E-state index contributed by atoms with van der Waals surface area (Å²) in [4.78, 5) is 0. The summed E-state index contributed by atoms with van der Waals surface area (Å²) < 4.78 is 42.8. The first-order valence-corrected chi connectivity index (χ1v) is 14.4. The number of halogens is 3. The first-order valence-electron chi connectivity index (χ1n) is 11.8. The van der Waals surface area contributed by atoms with Gasteiger partial charge >= 0.3 is 6.18 Å². The zero-order valence-corrected chi connectivity index (χ0v) is 21.6. The molecule has 0 heterocycles. The van der Waals surface area contributed by atoms with Crippen LogP contribution >= 0.6 is 16.1 Å². The summed E-state index contributed by atoms with van der Waals surface area (Å²) in [6.45, 7) is 0. The van der Waals surface area contributed by atoms with E-state index in [9.17, 15) is 13.2 Å². The van der Waals surface area contributed by atoms with Crippen LogP contribution in [-0.2, 0) is 6.18 Å². The van der Waals surface area contributed by atoms with Crippen molar-refractivity contribution in [2.45, 2.75) is 6.18 Å². The zero-order chi connectivity index (χ0) is 25.7. The maximum atomic E-state index is 13.5. The summed E-state index contributed by atoms with van der Waals surface area (Å²) in [5.74, 6) is 0. The first-order chi connectivity index (χ1) is 18.0. The van der Waals surface area contributed by atoms with Crippen LogP contribution in [0.3, 0.4) is 0 Å². The Labute approximate surface area is 217 Å². The molecule has 0 aliphatic rings. The molecule has 37 heavy (non-hydrogen) atoms. The van der Waals surface area contributed by atoms with Crippen LogP contribution in [0.1, 0.15) is 5.56 Å². The molecule has 0 amide bonds. The second-order valence-corrected chi connectivity index (χ2v) is 12.7. The van der Waals surface area contributed by atoms with E-state index in [2.05, 4.69) is 53.0 Å². The third-order valence-corrected chi connectivity index (χ3v) is 11.2. The SMILES string of the molecule is FC(F)(F)c1ccc(N(P(c2ccccc2)c2ccccc2)P(c2ccccc2)c2ccccc2)cc1. The number of hydrogen-bond acceptors (Lipinski definition) is 1. The molecule has 0 saturated heterocycles. The van der Waals surface area contributed by atoms with Crippen LogP contribution in [0.25, 0.3) is 0 Å². The van der Waals surface area contributed by atoms with E-state index in [1.807, 2.05) is 72.8 Å². The summed E-state index contributed by atoms with van der Waals surface area (Å²) in [5.41, 5.74) is 0.106. The normalized spacial score (nSPS) is 11.6. The van der Waals surface area contributed by atoms with E-state index in [-0.39, 0.29) is 0 Å². The predicted octanol–water partition coefficient (Wildman–Crippen LogP) is 7.61. The van der Waals surface area contributed by atoms with Crippen LogP contribution in [0, 0.1) is 0 Å². The minimum absolute atomic E-state index is 0.649. The van der Waals surface area contributed by atoms with Gasteiger partial charge in [0.05, 0.1) is 21.7 Å². The molecule has 0 aliphatic carbocycles. The molecule has 0 unspecified atom stereocenters. The number of hydrogen-bond donors (Lipinski definition) is 0. The lowest BCUT2D eigenvalue weighted by atomic mass is 10.2. The molecule has 5 rings (SSSR count). The Balaban J connectivity index is 1.78. The summed E-state index contributed by atoms with van der Waals surface area (Å²) >= 11 is 0. The molecule has 0 spiro atoms. The van der Waals surface area contributed by atoms with Gasteiger partial charge in [-0.3, -0.25) is 0 Å². The lowest BCUT2D eigenvalue weighted by molar-refractivity contribution is -0.137. The number of anilines is 1. The molecule has 0 N–H and O–H groups in total. The summed E-state index contributed by atoms with van der Waals surface area (Å²) in [6.07, 6.45) is -4.39. The third-order valence-electron chi connectivity index (χ3n) is 5.81. The Morgan fingerprint density at radius 3 is 0.973 bits per heavy atom. The fourth-order valence-electron chi connectivity index (χ4n) is 4.12. The topological polar surface area (TPSA) is 3.24 Å². The summed E-state index contributed by atoms with van der Waals surface area (Å²) in [6, 6.07) is 46.6. The molecule has 0 fully saturated rings. The van der Waals surface area contributed by atoms with Crippen LogP contribution in [0.4, 0.5) is 18.9 Å². The van der Waals surface area contributed by atoms with Crippen molar-refractivity contribution in [3.8, 4) is 0 Å². The van der Waals surface area contributed by atoms with E-state index >= 15 is 0 Å². The van der Waals surface area contributed by atoms with E-state index in [1.165, 1.54) is 12.1 Å². The Bertz CT molecular complexity index is 1230. The van der Waals surface area contributed by atoms with Crippen molar-refractivity contribution in [2.75, 3.05) is 4.44 Å². The highest BCUT2D eigenvalue weighted by molar-refractivity contribution is 7.90. The molecule has 0 radical (unpaired) electrons. The average molecular weight is 529 g/mol. The number of alkyl halides is 3. The monoisotopic (exact) mass is 529 g/mol. The lowest BCUT2D eigenvalue weighted by Crippen LogP contribution is -2.31. The molecule has 0 bridgehead atoms. The quantitative estimate of drug-likeness (QED) is 0.196. The van der Waals surface area contributed by atoms with Gasteiger partial charge in [0.2, 0.25) is 0 Å². The van der Waals surface area contributed by atoms with Gasteiger partial charge in [0.25, 0.3) is 0 Å². The fraction of sp³-hybridized carbons (Fsp3) is 0.0323. The highest BCUT2D eigenvalue weighted by atomic mass is 31.2. The smallest absolute Gasteiger partial charge is 0.313 e. The third kappa shape index (κ3) is 5.77. The Hall–Kier alpha value is -3.45. The molecular weight excluding hydrogens is 505 g/mol. The van der Waals surface area contributed by atoms with Crippen LogP contribution in [0.2, 0.25) is 0 Å². The second kappa shape index (κ2) is 11.3. The van der Waals surface area contributed by atoms with Crippen molar-refractivity contribution in [1.82, 2.24) is 0 Å². The zero-order valence-electron chi connectivity index (χ0n) is 19.8. The van der Waals surface area contributed by atoms with Gasteiger partial charge in [-0.25, -0.2) is 0 Å². The molecule has 5 aromatic rings. The maximum Gasteiger partial charge on any atom is 0.416 e. The van der Waals surface area contributed by atoms with Gasteiger partial charge in [0.15, 0.2) is 0 Å². The van der Waals surface area contributed by atoms with Gasteiger partial charge in [-0.1, -0.05) is 121 Å². The van der Waals surface area contributed by atoms with Crippen molar-refractivity contribution >= 4 is 43.1 Å². The van der Waals surface area contributed by atoms with E-state index in [1.54, 1.807) is 12.1 Å². The molecule has 0 atom stereocenters. The van der Waals surface area contributed by atoms with Gasteiger partial charge in [0.1, 0.15) is 0 Å². The molecule has 0 saturated carbocycles. The molecule has 1 nitrogen and oxygen atoms in total. The van der Waals surface area contributed by atoms with Crippen LogP contribution in [0.15, 0.2) is 146 Å². The summed E-state index contributed by atoms with van der Waals surface area (Å²) in [5, 5.41) is 4.51. The van der Waals surface area contributed by atoms with E-state index in [0.717, 1.165) is 26.9 Å². The molecule has 184 valence electrons. The van der Waals surface area contributed by atoms with Crippen LogP contribution in [-0.4, -0.2) is 0 Å². The Kier molecular flexibility index (Phi) is 7.70. The van der Waals surface area contributed by atoms with Crippen molar-refractivity contribution < 1.29 is 13.2 Å². The molecule has 0 aromatic heterocycles. The minimum atomic E-state index is -4.39. The number of nitrogens with zero attached hydrogens (tertiary/aromatic N) is 1. The Morgan fingerprint density at radius 1 is 0.405 bits per heavy atom. The summed E-state index contributed by atoms with van der Waals surface area (Å²) in [7, 11) is -2.27. The van der Waals surface area contributed by atoms with Crippen molar-refractivity contribution in [2.24, 2.45) is 0 Å². The van der Waals surface area contributed by atoms with E-state index in [4.69, 9.17) is 0 Å². The van der Waals surface area contributed by atoms with E-state index < -0.39 is 27.9 Å².